The number of Topliss-reactive ketones (excluding diaryl/α,β-unsaturated/α-hetero) is 1. The van der Waals surface area contributed by atoms with Gasteiger partial charge in [0.15, 0.2) is 19.8 Å². The molecule has 0 N–H and O–H groups in total. The fourth-order valence-electron chi connectivity index (χ4n) is 6.89. The first-order chi connectivity index (χ1) is 21.4. The summed E-state index contributed by atoms with van der Waals surface area (Å²) in [4.78, 5) is 31.6. The van der Waals surface area contributed by atoms with Gasteiger partial charge < -0.3 is 23.5 Å². The number of ether oxygens (including phenoxy) is 3. The number of fused-ring (bicyclic) bond motifs is 2. The van der Waals surface area contributed by atoms with Crippen molar-refractivity contribution in [2.24, 2.45) is 0 Å². The van der Waals surface area contributed by atoms with Crippen LogP contribution in [0.4, 0.5) is 0 Å². The average molecular weight is 646 g/mol. The molecule has 3 aromatic rings. The summed E-state index contributed by atoms with van der Waals surface area (Å²) in [5, 5.41) is -0.247. The molecule has 1 aliphatic carbocycles. The Labute approximate surface area is 271 Å². The molecule has 3 aromatic carbocycles. The Bertz CT molecular complexity index is 1600. The Kier molecular flexibility index (Phi) is 8.33. The second-order valence-corrected chi connectivity index (χ2v) is 19.8. The summed E-state index contributed by atoms with van der Waals surface area (Å²) in [6.45, 7) is 12.1. The Morgan fingerprint density at radius 2 is 1.62 bits per heavy atom. The highest BCUT2D eigenvalue weighted by atomic mass is 32.2. The number of para-hydroxylation sites is 1. The van der Waals surface area contributed by atoms with Crippen LogP contribution in [0.3, 0.4) is 0 Å². The van der Waals surface area contributed by atoms with Crippen LogP contribution < -0.4 is 14.2 Å². The van der Waals surface area contributed by atoms with Gasteiger partial charge in [0.05, 0.1) is 31.8 Å². The van der Waals surface area contributed by atoms with Crippen LogP contribution in [0.1, 0.15) is 61.0 Å². The highest BCUT2D eigenvalue weighted by Crippen LogP contribution is 2.58. The summed E-state index contributed by atoms with van der Waals surface area (Å²) in [7, 11) is 0.904. The van der Waals surface area contributed by atoms with Gasteiger partial charge >= 0.3 is 0 Å². The lowest BCUT2D eigenvalue weighted by atomic mass is 9.67. The van der Waals surface area contributed by atoms with Crippen LogP contribution in [0.25, 0.3) is 0 Å². The van der Waals surface area contributed by atoms with E-state index < -0.39 is 25.9 Å². The lowest BCUT2D eigenvalue weighted by molar-refractivity contribution is -0.129. The van der Waals surface area contributed by atoms with E-state index in [1.165, 1.54) is 0 Å². The number of hydrogen-bond donors (Lipinski definition) is 0. The Morgan fingerprint density at radius 1 is 0.933 bits per heavy atom. The van der Waals surface area contributed by atoms with Crippen molar-refractivity contribution in [1.29, 1.82) is 0 Å². The minimum Gasteiger partial charge on any atom is -0.496 e. The molecule has 9 heteroatoms. The molecular weight excluding hydrogens is 603 g/mol. The predicted molar refractivity (Wildman–Crippen MR) is 179 cm³/mol. The smallest absolute Gasteiger partial charge is 0.254 e. The molecule has 0 unspecified atom stereocenters. The SMILES string of the molecule is COc1cc2c(cc1OCc1ccccc1)C(=O)N1CC[C@@]3(O[Si](C)(C)C(C)(C)C)[C@@H](Sc4ccccc4OC)CC(=O)[C@@H]2[C@@H]13. The third-order valence-electron chi connectivity index (χ3n) is 10.2. The van der Waals surface area contributed by atoms with E-state index >= 15 is 0 Å². The summed E-state index contributed by atoms with van der Waals surface area (Å²) < 4.78 is 25.2. The highest BCUT2D eigenvalue weighted by molar-refractivity contribution is 8.00. The number of hydrogen-bond acceptors (Lipinski definition) is 7. The van der Waals surface area contributed by atoms with Crippen LogP contribution in [0.15, 0.2) is 71.6 Å². The number of amides is 1. The van der Waals surface area contributed by atoms with Crippen LogP contribution in [-0.2, 0) is 15.8 Å². The number of nitrogens with zero attached hydrogens (tertiary/aromatic N) is 1. The van der Waals surface area contributed by atoms with E-state index in [9.17, 15) is 9.59 Å². The molecule has 1 saturated carbocycles. The molecule has 0 bridgehead atoms. The quantitative estimate of drug-likeness (QED) is 0.223. The molecule has 45 heavy (non-hydrogen) atoms. The predicted octanol–water partition coefficient (Wildman–Crippen LogP) is 7.49. The molecule has 3 aliphatic rings. The van der Waals surface area contributed by atoms with Crippen molar-refractivity contribution in [3.8, 4) is 17.2 Å². The molecule has 1 saturated heterocycles. The van der Waals surface area contributed by atoms with E-state index in [0.717, 1.165) is 16.2 Å². The number of thioether (sulfide) groups is 1. The topological polar surface area (TPSA) is 74.3 Å². The number of carbonyl (C=O) groups excluding carboxylic acids is 2. The first-order valence-electron chi connectivity index (χ1n) is 15.6. The van der Waals surface area contributed by atoms with Crippen molar-refractivity contribution in [3.63, 3.8) is 0 Å². The molecule has 4 atom stereocenters. The molecule has 238 valence electrons. The van der Waals surface area contributed by atoms with E-state index in [1.54, 1.807) is 32.0 Å². The number of benzene rings is 3. The second-order valence-electron chi connectivity index (χ2n) is 13.8. The van der Waals surface area contributed by atoms with Gasteiger partial charge in [-0.25, -0.2) is 0 Å². The van der Waals surface area contributed by atoms with E-state index in [2.05, 4.69) is 33.9 Å². The highest BCUT2D eigenvalue weighted by Gasteiger charge is 2.66. The van der Waals surface area contributed by atoms with Crippen molar-refractivity contribution in [2.75, 3.05) is 20.8 Å². The fourth-order valence-corrected chi connectivity index (χ4v) is 10.1. The maximum atomic E-state index is 14.4. The van der Waals surface area contributed by atoms with Gasteiger partial charge in [-0.05, 0) is 59.9 Å². The zero-order chi connectivity index (χ0) is 32.1. The zero-order valence-corrected chi connectivity index (χ0v) is 29.0. The van der Waals surface area contributed by atoms with Gasteiger partial charge in [-0.2, -0.15) is 0 Å². The monoisotopic (exact) mass is 645 g/mol. The van der Waals surface area contributed by atoms with Gasteiger partial charge in [-0.3, -0.25) is 9.59 Å². The first kappa shape index (κ1) is 31.7. The molecule has 1 amide bonds. The molecule has 0 aromatic heterocycles. The molecule has 6 rings (SSSR count). The third kappa shape index (κ3) is 5.46. The second kappa shape index (κ2) is 11.8. The van der Waals surface area contributed by atoms with Crippen LogP contribution in [0.2, 0.25) is 18.1 Å². The van der Waals surface area contributed by atoms with E-state index in [-0.39, 0.29) is 22.0 Å². The molecule has 2 heterocycles. The Balaban J connectivity index is 1.44. The zero-order valence-electron chi connectivity index (χ0n) is 27.2. The molecule has 7 nitrogen and oxygen atoms in total. The van der Waals surface area contributed by atoms with E-state index in [1.807, 2.05) is 65.6 Å². The largest absolute Gasteiger partial charge is 0.496 e. The minimum absolute atomic E-state index is 0.0590. The maximum Gasteiger partial charge on any atom is 0.254 e. The van der Waals surface area contributed by atoms with Crippen molar-refractivity contribution in [3.05, 3.63) is 83.4 Å². The summed E-state index contributed by atoms with van der Waals surface area (Å²) in [6.07, 6.45) is 0.990. The van der Waals surface area contributed by atoms with Gasteiger partial charge in [0.2, 0.25) is 0 Å². The first-order valence-corrected chi connectivity index (χ1v) is 19.4. The van der Waals surface area contributed by atoms with Gasteiger partial charge in [0.1, 0.15) is 18.1 Å². The van der Waals surface area contributed by atoms with Crippen molar-refractivity contribution < 1.29 is 28.2 Å². The van der Waals surface area contributed by atoms with Crippen LogP contribution in [0.5, 0.6) is 17.2 Å². The number of ketones is 1. The summed E-state index contributed by atoms with van der Waals surface area (Å²) in [5.41, 5.74) is 1.51. The van der Waals surface area contributed by atoms with Crippen LogP contribution in [-0.4, -0.2) is 62.6 Å². The van der Waals surface area contributed by atoms with Crippen molar-refractivity contribution in [2.45, 2.75) is 86.1 Å². The normalized spacial score (nSPS) is 24.2. The Hall–Kier alpha value is -3.27. The van der Waals surface area contributed by atoms with E-state index in [4.69, 9.17) is 18.6 Å². The van der Waals surface area contributed by atoms with Crippen molar-refractivity contribution in [1.82, 2.24) is 4.90 Å². The molecule has 0 spiro atoms. The lowest BCUT2D eigenvalue weighted by Gasteiger charge is -2.55. The number of rotatable bonds is 9. The summed E-state index contributed by atoms with van der Waals surface area (Å²) in [5.74, 6) is 1.28. The standard InChI is InChI=1S/C36H43NO6SSi/c1-35(2,3)45(6,7)43-36-17-18-37-33(36)32(26(38)21-31(36)44-30-16-12-11-15-27(30)40-4)24-19-28(41-5)29(20-25(24)34(37)39)42-22-23-13-9-8-10-14-23/h8-16,19-20,31-33H,17-18,21-22H2,1-7H3/t31-,32+,33+,36+/m0/s1. The molecular formula is C36H43NO6SSi. The third-order valence-corrected chi connectivity index (χ3v) is 16.1. The van der Waals surface area contributed by atoms with Gasteiger partial charge in [-0.15, -0.1) is 11.8 Å². The molecule has 2 fully saturated rings. The fraction of sp³-hybridized carbons (Fsp3) is 0.444. The van der Waals surface area contributed by atoms with Gasteiger partial charge in [0.25, 0.3) is 5.91 Å². The molecule has 2 aliphatic heterocycles. The van der Waals surface area contributed by atoms with Gasteiger partial charge in [-0.1, -0.05) is 63.2 Å². The average Bonchev–Trinajstić information content (AvgIpc) is 3.39. The molecule has 0 radical (unpaired) electrons. The number of methoxy groups -OCH3 is 2. The van der Waals surface area contributed by atoms with Gasteiger partial charge in [0, 0.05) is 28.7 Å². The van der Waals surface area contributed by atoms with E-state index in [0.29, 0.717) is 48.6 Å². The Morgan fingerprint density at radius 3 is 2.31 bits per heavy atom. The maximum absolute atomic E-state index is 14.4. The summed E-state index contributed by atoms with van der Waals surface area (Å²) in [6, 6.07) is 21.0. The lowest BCUT2D eigenvalue weighted by Crippen LogP contribution is -2.67. The minimum atomic E-state index is -2.36. The van der Waals surface area contributed by atoms with Crippen LogP contribution >= 0.6 is 11.8 Å². The van der Waals surface area contributed by atoms with Crippen molar-refractivity contribution >= 4 is 31.8 Å². The number of carbonyl (C=O) groups is 2. The summed E-state index contributed by atoms with van der Waals surface area (Å²) >= 11 is 1.65. The van der Waals surface area contributed by atoms with Crippen LogP contribution in [0, 0.1) is 0 Å².